The quantitative estimate of drug-likeness (QED) is 0.716. The van der Waals surface area contributed by atoms with Crippen molar-refractivity contribution in [2.45, 2.75) is 12.5 Å². The van der Waals surface area contributed by atoms with Crippen LogP contribution in [0.3, 0.4) is 0 Å². The molecule has 1 atom stereocenters. The van der Waals surface area contributed by atoms with Crippen molar-refractivity contribution < 1.29 is 14.6 Å². The number of rotatable bonds is 4. The molecule has 0 aliphatic carbocycles. The number of anilines is 2. The summed E-state index contributed by atoms with van der Waals surface area (Å²) in [5, 5.41) is 12.2. The molecule has 0 aromatic heterocycles. The van der Waals surface area contributed by atoms with Crippen LogP contribution in [0.5, 0.6) is 0 Å². The van der Waals surface area contributed by atoms with E-state index in [-0.39, 0.29) is 16.7 Å². The third-order valence-electron chi connectivity index (χ3n) is 2.69. The lowest BCUT2D eigenvalue weighted by molar-refractivity contribution is -0.0410. The third-order valence-corrected chi connectivity index (χ3v) is 3.00. The van der Waals surface area contributed by atoms with Gasteiger partial charge in [-0.2, -0.15) is 0 Å². The van der Waals surface area contributed by atoms with E-state index in [0.29, 0.717) is 17.9 Å². The molecule has 1 aliphatic heterocycles. The van der Waals surface area contributed by atoms with Gasteiger partial charge in [-0.15, -0.1) is 0 Å². The average Bonchev–Trinajstić information content (AvgIpc) is 2.21. The largest absolute Gasteiger partial charge is 0.478 e. The van der Waals surface area contributed by atoms with Crippen molar-refractivity contribution in [1.82, 2.24) is 0 Å². The van der Waals surface area contributed by atoms with E-state index < -0.39 is 5.97 Å². The molecule has 1 heterocycles. The number of nitrogen functional groups attached to an aromatic ring is 1. The highest BCUT2D eigenvalue weighted by molar-refractivity contribution is 6.34. The van der Waals surface area contributed by atoms with E-state index in [2.05, 4.69) is 5.32 Å². The molecule has 1 fully saturated rings. The number of carboxylic acids is 1. The van der Waals surface area contributed by atoms with Crippen LogP contribution < -0.4 is 11.1 Å². The van der Waals surface area contributed by atoms with Crippen molar-refractivity contribution in [3.05, 3.63) is 22.7 Å². The molecule has 1 unspecified atom stereocenters. The first-order valence-corrected chi connectivity index (χ1v) is 5.63. The van der Waals surface area contributed by atoms with Gasteiger partial charge in [-0.25, -0.2) is 4.79 Å². The molecular weight excluding hydrogens is 244 g/mol. The first-order valence-electron chi connectivity index (χ1n) is 5.25. The number of carbonyl (C=O) groups is 1. The van der Waals surface area contributed by atoms with Crippen LogP contribution in [0.4, 0.5) is 11.4 Å². The van der Waals surface area contributed by atoms with Gasteiger partial charge >= 0.3 is 5.97 Å². The minimum absolute atomic E-state index is 0.112. The number of halogens is 1. The van der Waals surface area contributed by atoms with Crippen LogP contribution in [0.25, 0.3) is 0 Å². The van der Waals surface area contributed by atoms with Crippen molar-refractivity contribution in [3.8, 4) is 0 Å². The Morgan fingerprint density at radius 2 is 2.35 bits per heavy atom. The Labute approximate surface area is 104 Å². The van der Waals surface area contributed by atoms with Gasteiger partial charge in [0.05, 0.1) is 28.1 Å². The van der Waals surface area contributed by atoms with Gasteiger partial charge in [-0.05, 0) is 18.6 Å². The molecule has 2 rings (SSSR count). The second-order valence-corrected chi connectivity index (χ2v) is 4.29. The van der Waals surface area contributed by atoms with Crippen molar-refractivity contribution in [3.63, 3.8) is 0 Å². The summed E-state index contributed by atoms with van der Waals surface area (Å²) in [6.07, 6.45) is 1.17. The second kappa shape index (κ2) is 4.81. The molecule has 0 bridgehead atoms. The van der Waals surface area contributed by atoms with Crippen molar-refractivity contribution in [2.75, 3.05) is 24.2 Å². The van der Waals surface area contributed by atoms with Gasteiger partial charge in [0.15, 0.2) is 0 Å². The number of nitrogens with one attached hydrogen (secondary N) is 1. The van der Waals surface area contributed by atoms with Gasteiger partial charge in [-0.3, -0.25) is 0 Å². The maximum atomic E-state index is 10.9. The Balaban J connectivity index is 2.15. The number of carboxylic acid groups (broad SMARTS) is 1. The molecule has 1 aliphatic rings. The highest BCUT2D eigenvalue weighted by Crippen LogP contribution is 2.29. The molecule has 5 nitrogen and oxygen atoms in total. The first kappa shape index (κ1) is 12.0. The minimum atomic E-state index is -1.03. The average molecular weight is 257 g/mol. The van der Waals surface area contributed by atoms with Gasteiger partial charge < -0.3 is 20.9 Å². The van der Waals surface area contributed by atoms with Crippen LogP contribution in [-0.2, 0) is 4.74 Å². The molecule has 6 heteroatoms. The summed E-state index contributed by atoms with van der Waals surface area (Å²) in [4.78, 5) is 10.9. The summed E-state index contributed by atoms with van der Waals surface area (Å²) in [6.45, 7) is 1.38. The topological polar surface area (TPSA) is 84.6 Å². The Hall–Kier alpha value is -1.46. The van der Waals surface area contributed by atoms with Crippen LogP contribution in [-0.4, -0.2) is 30.3 Å². The van der Waals surface area contributed by atoms with Crippen LogP contribution in [0, 0.1) is 0 Å². The predicted octanol–water partition coefficient (Wildman–Crippen LogP) is 1.82. The Morgan fingerprint density at radius 1 is 1.65 bits per heavy atom. The van der Waals surface area contributed by atoms with Crippen LogP contribution in [0.2, 0.25) is 5.02 Å². The van der Waals surface area contributed by atoms with Crippen molar-refractivity contribution in [2.24, 2.45) is 0 Å². The molecule has 0 saturated carbocycles. The summed E-state index contributed by atoms with van der Waals surface area (Å²) in [6, 6.07) is 2.81. The van der Waals surface area contributed by atoms with E-state index in [4.69, 9.17) is 27.2 Å². The molecule has 1 saturated heterocycles. The van der Waals surface area contributed by atoms with Gasteiger partial charge in [0, 0.05) is 13.2 Å². The SMILES string of the molecule is Nc1c(Cl)cc(C(=O)O)cc1NCC1CCO1. The van der Waals surface area contributed by atoms with Gasteiger partial charge in [-0.1, -0.05) is 11.6 Å². The third kappa shape index (κ3) is 2.62. The highest BCUT2D eigenvalue weighted by Gasteiger charge is 2.18. The summed E-state index contributed by atoms with van der Waals surface area (Å²) >= 11 is 5.87. The maximum absolute atomic E-state index is 10.9. The van der Waals surface area contributed by atoms with E-state index in [0.717, 1.165) is 13.0 Å². The zero-order valence-corrected chi connectivity index (χ0v) is 9.83. The standard InChI is InChI=1S/C11H13ClN2O3/c12-8-3-6(11(15)16)4-9(10(8)13)14-5-7-1-2-17-7/h3-4,7,14H,1-2,5,13H2,(H,15,16). The fourth-order valence-corrected chi connectivity index (χ4v) is 1.78. The van der Waals surface area contributed by atoms with E-state index in [1.54, 1.807) is 0 Å². The fourth-order valence-electron chi connectivity index (χ4n) is 1.56. The number of benzene rings is 1. The molecule has 1 aromatic rings. The van der Waals surface area contributed by atoms with Crippen molar-refractivity contribution >= 4 is 28.9 Å². The van der Waals surface area contributed by atoms with E-state index >= 15 is 0 Å². The normalized spacial score (nSPS) is 18.5. The monoisotopic (exact) mass is 256 g/mol. The number of ether oxygens (including phenoxy) is 1. The molecule has 4 N–H and O–H groups in total. The van der Waals surface area contributed by atoms with Gasteiger partial charge in [0.1, 0.15) is 0 Å². The summed E-state index contributed by atoms with van der Waals surface area (Å²) in [5.74, 6) is -1.03. The number of hydrogen-bond donors (Lipinski definition) is 3. The molecule has 92 valence electrons. The zero-order chi connectivity index (χ0) is 12.4. The lowest BCUT2D eigenvalue weighted by Gasteiger charge is -2.27. The Morgan fingerprint density at radius 3 is 2.88 bits per heavy atom. The van der Waals surface area contributed by atoms with E-state index in [9.17, 15) is 4.79 Å². The predicted molar refractivity (Wildman–Crippen MR) is 65.7 cm³/mol. The number of nitrogens with two attached hydrogens (primary N) is 1. The van der Waals surface area contributed by atoms with Crippen LogP contribution >= 0.6 is 11.6 Å². The van der Waals surface area contributed by atoms with Crippen molar-refractivity contribution in [1.29, 1.82) is 0 Å². The van der Waals surface area contributed by atoms with Gasteiger partial charge in [0.25, 0.3) is 0 Å². The smallest absolute Gasteiger partial charge is 0.335 e. The lowest BCUT2D eigenvalue weighted by Crippen LogP contribution is -2.33. The fraction of sp³-hybridized carbons (Fsp3) is 0.364. The maximum Gasteiger partial charge on any atom is 0.335 e. The van der Waals surface area contributed by atoms with Gasteiger partial charge in [0.2, 0.25) is 0 Å². The van der Waals surface area contributed by atoms with Crippen LogP contribution in [0.1, 0.15) is 16.8 Å². The summed E-state index contributed by atoms with van der Waals surface area (Å²) < 4.78 is 5.25. The molecule has 0 spiro atoms. The molecular formula is C11H13ClN2O3. The highest BCUT2D eigenvalue weighted by atomic mass is 35.5. The Kier molecular flexibility index (Phi) is 3.40. The lowest BCUT2D eigenvalue weighted by atomic mass is 10.1. The zero-order valence-electron chi connectivity index (χ0n) is 9.07. The molecule has 0 radical (unpaired) electrons. The van der Waals surface area contributed by atoms with E-state index in [1.165, 1.54) is 12.1 Å². The summed E-state index contributed by atoms with van der Waals surface area (Å²) in [7, 11) is 0. The van der Waals surface area contributed by atoms with Crippen LogP contribution in [0.15, 0.2) is 12.1 Å². The Bertz CT molecular complexity index is 447. The summed E-state index contributed by atoms with van der Waals surface area (Å²) in [5.41, 5.74) is 6.77. The number of hydrogen-bond acceptors (Lipinski definition) is 4. The number of aromatic carboxylic acids is 1. The van der Waals surface area contributed by atoms with E-state index in [1.807, 2.05) is 0 Å². The molecule has 0 amide bonds. The minimum Gasteiger partial charge on any atom is -0.478 e. The second-order valence-electron chi connectivity index (χ2n) is 3.89. The molecule has 17 heavy (non-hydrogen) atoms. The first-order chi connectivity index (χ1) is 8.08. The molecule has 1 aromatic carbocycles.